The van der Waals surface area contributed by atoms with Gasteiger partial charge in [0.25, 0.3) is 5.56 Å². The fraction of sp³-hybridized carbons (Fsp3) is 0.815. The Labute approximate surface area is 205 Å². The van der Waals surface area contributed by atoms with Gasteiger partial charge in [-0.05, 0) is 19.3 Å². The number of fused-ring (bicyclic) bond motifs is 1. The average Bonchev–Trinajstić information content (AvgIpc) is 3.21. The molecule has 194 valence electrons. The first kappa shape index (κ1) is 28.3. The van der Waals surface area contributed by atoms with E-state index < -0.39 is 0 Å². The van der Waals surface area contributed by atoms with Gasteiger partial charge in [0.15, 0.2) is 11.2 Å². The first-order valence-corrected chi connectivity index (χ1v) is 13.8. The first-order valence-electron chi connectivity index (χ1n) is 13.8. The van der Waals surface area contributed by atoms with Crippen molar-refractivity contribution in [3.63, 3.8) is 0 Å². The molecule has 2 aromatic rings. The normalized spacial score (nSPS) is 12.6. The van der Waals surface area contributed by atoms with Crippen LogP contribution in [0.4, 0.5) is 0 Å². The summed E-state index contributed by atoms with van der Waals surface area (Å²) in [6.45, 7) is 2.71. The van der Waals surface area contributed by atoms with Crippen LogP contribution in [0, 0.1) is 0 Å². The summed E-state index contributed by atoms with van der Waals surface area (Å²) in [4.78, 5) is 29.4. The van der Waals surface area contributed by atoms with E-state index >= 15 is 0 Å². The zero-order valence-electron chi connectivity index (χ0n) is 21.9. The molecule has 0 saturated heterocycles. The molecule has 0 aromatic carbocycles. The predicted molar refractivity (Wildman–Crippen MR) is 140 cm³/mol. The molecule has 0 bridgehead atoms. The molecule has 0 spiro atoms. The van der Waals surface area contributed by atoms with Gasteiger partial charge in [-0.2, -0.15) is 0 Å². The highest BCUT2D eigenvalue weighted by Gasteiger charge is 2.14. The molecule has 0 aliphatic rings. The van der Waals surface area contributed by atoms with E-state index in [0.29, 0.717) is 17.7 Å². The van der Waals surface area contributed by atoms with Gasteiger partial charge >= 0.3 is 5.69 Å². The van der Waals surface area contributed by atoms with Crippen LogP contribution in [0.15, 0.2) is 15.9 Å². The average molecular weight is 477 g/mol. The lowest BCUT2D eigenvalue weighted by Gasteiger charge is -2.10. The number of hydrogen-bond acceptors (Lipinski definition) is 4. The second kappa shape index (κ2) is 15.9. The van der Waals surface area contributed by atoms with Crippen LogP contribution in [-0.4, -0.2) is 29.9 Å². The molecular formula is C27H48N4O3. The Kier molecular flexibility index (Phi) is 13.3. The Morgan fingerprint density at radius 2 is 1.29 bits per heavy atom. The van der Waals surface area contributed by atoms with E-state index in [4.69, 9.17) is 0 Å². The molecule has 34 heavy (non-hydrogen) atoms. The van der Waals surface area contributed by atoms with Crippen molar-refractivity contribution in [1.29, 1.82) is 0 Å². The molecule has 0 radical (unpaired) electrons. The second-order valence-electron chi connectivity index (χ2n) is 10.0. The van der Waals surface area contributed by atoms with E-state index in [1.165, 1.54) is 73.3 Å². The number of rotatable bonds is 19. The molecule has 2 aromatic heterocycles. The molecule has 0 fully saturated rings. The lowest BCUT2D eigenvalue weighted by Crippen LogP contribution is -2.39. The Morgan fingerprint density at radius 1 is 0.794 bits per heavy atom. The van der Waals surface area contributed by atoms with E-state index in [1.54, 1.807) is 25.0 Å². The van der Waals surface area contributed by atoms with Crippen molar-refractivity contribution in [2.45, 2.75) is 129 Å². The summed E-state index contributed by atoms with van der Waals surface area (Å²) in [7, 11) is 3.45. The third-order valence-corrected chi connectivity index (χ3v) is 7.01. The molecule has 2 heterocycles. The fourth-order valence-electron chi connectivity index (χ4n) is 4.79. The maximum Gasteiger partial charge on any atom is 0.332 e. The minimum absolute atomic E-state index is 0.127. The van der Waals surface area contributed by atoms with Crippen molar-refractivity contribution in [2.24, 2.45) is 14.1 Å². The van der Waals surface area contributed by atoms with Crippen molar-refractivity contribution in [3.05, 3.63) is 27.2 Å². The summed E-state index contributed by atoms with van der Waals surface area (Å²) in [6.07, 6.45) is 21.4. The quantitative estimate of drug-likeness (QED) is 0.274. The summed E-state index contributed by atoms with van der Waals surface area (Å²) in [5.41, 5.74) is 0.383. The molecule has 1 N–H and O–H groups in total. The molecule has 7 heteroatoms. The van der Waals surface area contributed by atoms with Gasteiger partial charge < -0.3 is 9.67 Å². The van der Waals surface area contributed by atoms with Crippen molar-refractivity contribution < 1.29 is 5.11 Å². The van der Waals surface area contributed by atoms with Gasteiger partial charge in [0.1, 0.15) is 0 Å². The van der Waals surface area contributed by atoms with E-state index in [1.807, 2.05) is 0 Å². The van der Waals surface area contributed by atoms with Gasteiger partial charge in [-0.3, -0.25) is 13.9 Å². The van der Waals surface area contributed by atoms with Crippen molar-refractivity contribution >= 4 is 11.2 Å². The molecule has 7 nitrogen and oxygen atoms in total. The van der Waals surface area contributed by atoms with Gasteiger partial charge in [-0.15, -0.1) is 0 Å². The highest BCUT2D eigenvalue weighted by atomic mass is 16.3. The van der Waals surface area contributed by atoms with Gasteiger partial charge in [-0.1, -0.05) is 96.8 Å². The fourth-order valence-corrected chi connectivity index (χ4v) is 4.79. The van der Waals surface area contributed by atoms with E-state index in [0.717, 1.165) is 44.9 Å². The highest BCUT2D eigenvalue weighted by molar-refractivity contribution is 5.69. The molecule has 0 amide bonds. The van der Waals surface area contributed by atoms with Crippen molar-refractivity contribution in [1.82, 2.24) is 18.7 Å². The van der Waals surface area contributed by atoms with Crippen LogP contribution >= 0.6 is 0 Å². The zero-order valence-corrected chi connectivity index (χ0v) is 21.9. The Balaban J connectivity index is 1.49. The summed E-state index contributed by atoms with van der Waals surface area (Å²) >= 11 is 0. The van der Waals surface area contributed by atoms with Crippen LogP contribution in [0.3, 0.4) is 0 Å². The van der Waals surface area contributed by atoms with Crippen LogP contribution in [-0.2, 0) is 20.6 Å². The smallest absolute Gasteiger partial charge is 0.332 e. The lowest BCUT2D eigenvalue weighted by molar-refractivity contribution is 0.147. The second-order valence-corrected chi connectivity index (χ2v) is 10.0. The number of aliphatic hydroxyl groups is 1. The number of imidazole rings is 1. The van der Waals surface area contributed by atoms with Crippen LogP contribution in [0.5, 0.6) is 0 Å². The predicted octanol–water partition coefficient (Wildman–Crippen LogP) is 5.45. The maximum atomic E-state index is 12.7. The number of aromatic nitrogens is 4. The minimum atomic E-state index is -0.290. The standard InChI is InChI=1S/C27H48N4O3/c1-4-5-6-7-8-10-13-16-19-23(32)20-17-14-11-9-12-15-18-21-31-26(33)24-25(28-22-29(24)2)30(3)27(31)34/h22-23,32H,4-21H2,1-3H3. The Hall–Kier alpha value is -1.89. The van der Waals surface area contributed by atoms with E-state index in [-0.39, 0.29) is 17.4 Å². The van der Waals surface area contributed by atoms with Crippen LogP contribution < -0.4 is 11.2 Å². The summed E-state index contributed by atoms with van der Waals surface area (Å²) in [6, 6.07) is 0. The molecule has 0 aliphatic heterocycles. The number of aryl methyl sites for hydroxylation is 2. The third kappa shape index (κ3) is 9.05. The van der Waals surface area contributed by atoms with E-state index in [9.17, 15) is 14.7 Å². The lowest BCUT2D eigenvalue weighted by atomic mass is 10.0. The van der Waals surface area contributed by atoms with Crippen molar-refractivity contribution in [2.75, 3.05) is 0 Å². The van der Waals surface area contributed by atoms with Crippen LogP contribution in [0.1, 0.15) is 116 Å². The Bertz CT molecular complexity index is 944. The van der Waals surface area contributed by atoms with Crippen LogP contribution in [0.25, 0.3) is 11.2 Å². The van der Waals surface area contributed by atoms with Crippen molar-refractivity contribution in [3.8, 4) is 0 Å². The number of aliphatic hydroxyl groups excluding tert-OH is 1. The summed E-state index contributed by atoms with van der Waals surface area (Å²) in [5, 5.41) is 10.2. The SMILES string of the molecule is CCCCCCCCCCC(O)CCCCCCCCCn1c(=O)c2c(ncn2C)n(C)c1=O. The van der Waals surface area contributed by atoms with E-state index in [2.05, 4.69) is 11.9 Å². The summed E-state index contributed by atoms with van der Waals surface area (Å²) in [5.74, 6) is 0. The monoisotopic (exact) mass is 476 g/mol. The summed E-state index contributed by atoms with van der Waals surface area (Å²) < 4.78 is 4.48. The van der Waals surface area contributed by atoms with Gasteiger partial charge in [-0.25, -0.2) is 9.78 Å². The molecule has 1 atom stereocenters. The third-order valence-electron chi connectivity index (χ3n) is 7.01. The number of hydrogen-bond donors (Lipinski definition) is 1. The van der Waals surface area contributed by atoms with Crippen LogP contribution in [0.2, 0.25) is 0 Å². The first-order chi connectivity index (χ1) is 16.5. The molecule has 0 aliphatic carbocycles. The molecular weight excluding hydrogens is 428 g/mol. The Morgan fingerprint density at radius 3 is 1.85 bits per heavy atom. The molecule has 2 rings (SSSR count). The van der Waals surface area contributed by atoms with Gasteiger partial charge in [0.2, 0.25) is 0 Å². The highest BCUT2D eigenvalue weighted by Crippen LogP contribution is 2.15. The number of unbranched alkanes of at least 4 members (excludes halogenated alkanes) is 13. The minimum Gasteiger partial charge on any atom is -0.393 e. The topological polar surface area (TPSA) is 82.1 Å². The van der Waals surface area contributed by atoms with Gasteiger partial charge in [0.05, 0.1) is 12.4 Å². The zero-order chi connectivity index (χ0) is 24.8. The largest absolute Gasteiger partial charge is 0.393 e. The van der Waals surface area contributed by atoms with Gasteiger partial charge in [0, 0.05) is 20.6 Å². The molecule has 1 unspecified atom stereocenters. The number of nitrogens with zero attached hydrogens (tertiary/aromatic N) is 4. The molecule has 0 saturated carbocycles. The maximum absolute atomic E-state index is 12.7.